The van der Waals surface area contributed by atoms with E-state index in [1.165, 1.54) is 12.3 Å². The Kier molecular flexibility index (Phi) is 2.18. The Balaban J connectivity index is 2.76. The summed E-state index contributed by atoms with van der Waals surface area (Å²) >= 11 is 0. The standard InChI is InChI=1S/C6H8N2O4/c9-5(10)4-7-2-1-3-8(4)6(11)12/h1-2,4,7H,3H2,(H,9,10)(H,11,12). The van der Waals surface area contributed by atoms with Gasteiger partial charge in [-0.1, -0.05) is 0 Å². The summed E-state index contributed by atoms with van der Waals surface area (Å²) in [6.45, 7) is 0.0965. The molecule has 66 valence electrons. The van der Waals surface area contributed by atoms with Crippen molar-refractivity contribution in [2.24, 2.45) is 0 Å². The maximum Gasteiger partial charge on any atom is 0.409 e. The number of carboxylic acid groups (broad SMARTS) is 2. The van der Waals surface area contributed by atoms with Crippen molar-refractivity contribution >= 4 is 12.1 Å². The molecule has 1 amide bonds. The Morgan fingerprint density at radius 2 is 2.17 bits per heavy atom. The maximum absolute atomic E-state index is 10.5. The van der Waals surface area contributed by atoms with Gasteiger partial charge in [-0.3, -0.25) is 4.90 Å². The third kappa shape index (κ3) is 1.47. The van der Waals surface area contributed by atoms with Gasteiger partial charge in [0, 0.05) is 6.54 Å². The minimum absolute atomic E-state index is 0.0965. The Labute approximate surface area is 68.1 Å². The second kappa shape index (κ2) is 3.12. The van der Waals surface area contributed by atoms with Crippen molar-refractivity contribution in [3.63, 3.8) is 0 Å². The molecule has 12 heavy (non-hydrogen) atoms. The fourth-order valence-corrected chi connectivity index (χ4v) is 0.914. The van der Waals surface area contributed by atoms with Crippen LogP contribution in [0.5, 0.6) is 0 Å². The first-order valence-corrected chi connectivity index (χ1v) is 3.26. The molecule has 0 fully saturated rings. The molecule has 1 rings (SSSR count). The summed E-state index contributed by atoms with van der Waals surface area (Å²) in [7, 11) is 0. The molecule has 0 spiro atoms. The molecule has 0 aliphatic carbocycles. The van der Waals surface area contributed by atoms with Crippen molar-refractivity contribution in [2.75, 3.05) is 6.54 Å². The number of hydrogen-bond acceptors (Lipinski definition) is 3. The molecule has 0 aromatic rings. The molecule has 1 heterocycles. The molecule has 6 nitrogen and oxygen atoms in total. The van der Waals surface area contributed by atoms with E-state index < -0.39 is 18.2 Å². The summed E-state index contributed by atoms with van der Waals surface area (Å²) in [5.74, 6) is -1.21. The molecule has 0 saturated heterocycles. The lowest BCUT2D eigenvalue weighted by atomic mass is 10.3. The molecule has 1 atom stereocenters. The molecule has 0 radical (unpaired) electrons. The van der Waals surface area contributed by atoms with Crippen molar-refractivity contribution in [1.29, 1.82) is 0 Å². The van der Waals surface area contributed by atoms with Crippen LogP contribution in [-0.4, -0.2) is 39.9 Å². The number of nitrogens with zero attached hydrogens (tertiary/aromatic N) is 1. The number of carbonyl (C=O) groups is 2. The normalized spacial score (nSPS) is 21.7. The van der Waals surface area contributed by atoms with Gasteiger partial charge in [0.1, 0.15) is 0 Å². The third-order valence-corrected chi connectivity index (χ3v) is 1.47. The first-order valence-electron chi connectivity index (χ1n) is 3.26. The number of carboxylic acids is 1. The van der Waals surface area contributed by atoms with Gasteiger partial charge in [-0.15, -0.1) is 0 Å². The van der Waals surface area contributed by atoms with E-state index in [1.807, 2.05) is 0 Å². The average Bonchev–Trinajstić information content (AvgIpc) is 2.04. The molecule has 1 aliphatic rings. The van der Waals surface area contributed by atoms with E-state index in [-0.39, 0.29) is 6.54 Å². The first-order chi connectivity index (χ1) is 5.63. The van der Waals surface area contributed by atoms with E-state index in [0.717, 1.165) is 4.90 Å². The molecule has 6 heteroatoms. The van der Waals surface area contributed by atoms with Gasteiger partial charge in [-0.25, -0.2) is 9.59 Å². The van der Waals surface area contributed by atoms with Gasteiger partial charge >= 0.3 is 12.1 Å². The number of nitrogens with one attached hydrogen (secondary N) is 1. The van der Waals surface area contributed by atoms with Crippen molar-refractivity contribution in [2.45, 2.75) is 6.17 Å². The summed E-state index contributed by atoms with van der Waals surface area (Å²) in [6.07, 6.45) is 0.540. The molecule has 0 aromatic carbocycles. The van der Waals surface area contributed by atoms with Gasteiger partial charge in [0.15, 0.2) is 0 Å². The van der Waals surface area contributed by atoms with Gasteiger partial charge in [0.05, 0.1) is 0 Å². The first kappa shape index (κ1) is 8.38. The molecule has 1 unspecified atom stereocenters. The van der Waals surface area contributed by atoms with Crippen LogP contribution in [0.2, 0.25) is 0 Å². The van der Waals surface area contributed by atoms with Crippen LogP contribution in [0.4, 0.5) is 4.79 Å². The summed E-state index contributed by atoms with van der Waals surface area (Å²) in [5.41, 5.74) is 0. The van der Waals surface area contributed by atoms with Crippen molar-refractivity contribution in [1.82, 2.24) is 10.2 Å². The topological polar surface area (TPSA) is 89.9 Å². The zero-order valence-electron chi connectivity index (χ0n) is 6.10. The second-order valence-electron chi connectivity index (χ2n) is 2.24. The highest BCUT2D eigenvalue weighted by molar-refractivity contribution is 5.79. The van der Waals surface area contributed by atoms with Crippen LogP contribution in [-0.2, 0) is 4.79 Å². The van der Waals surface area contributed by atoms with Crippen LogP contribution < -0.4 is 5.32 Å². The Hall–Kier alpha value is -1.72. The van der Waals surface area contributed by atoms with Gasteiger partial charge in [0.2, 0.25) is 6.17 Å². The maximum atomic E-state index is 10.5. The Morgan fingerprint density at radius 1 is 1.50 bits per heavy atom. The van der Waals surface area contributed by atoms with Crippen molar-refractivity contribution in [3.05, 3.63) is 12.3 Å². The van der Waals surface area contributed by atoms with Crippen LogP contribution >= 0.6 is 0 Å². The van der Waals surface area contributed by atoms with Gasteiger partial charge < -0.3 is 15.5 Å². The van der Waals surface area contributed by atoms with Crippen molar-refractivity contribution in [3.8, 4) is 0 Å². The quantitative estimate of drug-likeness (QED) is 0.495. The van der Waals surface area contributed by atoms with Crippen LogP contribution in [0.1, 0.15) is 0 Å². The molecule has 0 saturated carbocycles. The summed E-state index contributed by atoms with van der Waals surface area (Å²) < 4.78 is 0. The van der Waals surface area contributed by atoms with Gasteiger partial charge in [-0.2, -0.15) is 0 Å². The lowest BCUT2D eigenvalue weighted by Gasteiger charge is -2.27. The van der Waals surface area contributed by atoms with E-state index in [1.54, 1.807) is 0 Å². The number of amides is 1. The van der Waals surface area contributed by atoms with E-state index in [9.17, 15) is 9.59 Å². The van der Waals surface area contributed by atoms with Crippen LogP contribution in [0.15, 0.2) is 12.3 Å². The smallest absolute Gasteiger partial charge is 0.409 e. The largest absolute Gasteiger partial charge is 0.478 e. The van der Waals surface area contributed by atoms with E-state index in [0.29, 0.717) is 0 Å². The zero-order valence-corrected chi connectivity index (χ0v) is 6.10. The highest BCUT2D eigenvalue weighted by Gasteiger charge is 2.29. The van der Waals surface area contributed by atoms with Gasteiger partial charge in [-0.05, 0) is 12.3 Å². The molecular weight excluding hydrogens is 164 g/mol. The number of hydrogen-bond donors (Lipinski definition) is 3. The molecule has 3 N–H and O–H groups in total. The summed E-state index contributed by atoms with van der Waals surface area (Å²) in [6, 6.07) is 0. The SMILES string of the molecule is O=C(O)C1NC=CCN1C(=O)O. The Bertz CT molecular complexity index is 214. The predicted molar refractivity (Wildman–Crippen MR) is 38.4 cm³/mol. The molecular formula is C6H8N2O4. The highest BCUT2D eigenvalue weighted by Crippen LogP contribution is 2.02. The number of rotatable bonds is 1. The second-order valence-corrected chi connectivity index (χ2v) is 2.24. The number of aliphatic carboxylic acids is 1. The van der Waals surface area contributed by atoms with E-state index in [4.69, 9.17) is 10.2 Å². The highest BCUT2D eigenvalue weighted by atomic mass is 16.4. The summed E-state index contributed by atoms with van der Waals surface area (Å²) in [4.78, 5) is 21.7. The Morgan fingerprint density at radius 3 is 2.58 bits per heavy atom. The van der Waals surface area contributed by atoms with Crippen LogP contribution in [0, 0.1) is 0 Å². The summed E-state index contributed by atoms with van der Waals surface area (Å²) in [5, 5.41) is 19.5. The minimum atomic E-state index is -1.25. The van der Waals surface area contributed by atoms with Crippen LogP contribution in [0.3, 0.4) is 0 Å². The monoisotopic (exact) mass is 172 g/mol. The third-order valence-electron chi connectivity index (χ3n) is 1.47. The fourth-order valence-electron chi connectivity index (χ4n) is 0.914. The fraction of sp³-hybridized carbons (Fsp3) is 0.333. The average molecular weight is 172 g/mol. The van der Waals surface area contributed by atoms with E-state index in [2.05, 4.69) is 5.32 Å². The molecule has 0 aromatic heterocycles. The van der Waals surface area contributed by atoms with Crippen molar-refractivity contribution < 1.29 is 19.8 Å². The van der Waals surface area contributed by atoms with Crippen LogP contribution in [0.25, 0.3) is 0 Å². The predicted octanol–water partition coefficient (Wildman–Crippen LogP) is -0.506. The minimum Gasteiger partial charge on any atom is -0.478 e. The lowest BCUT2D eigenvalue weighted by molar-refractivity contribution is -0.143. The molecule has 0 bridgehead atoms. The molecule has 1 aliphatic heterocycles. The zero-order chi connectivity index (χ0) is 9.14. The lowest BCUT2D eigenvalue weighted by Crippen LogP contribution is -2.53. The van der Waals surface area contributed by atoms with Gasteiger partial charge in [0.25, 0.3) is 0 Å². The van der Waals surface area contributed by atoms with E-state index >= 15 is 0 Å².